The molecule has 3 fully saturated rings. The topological polar surface area (TPSA) is 65.3 Å². The second-order valence-corrected chi connectivity index (χ2v) is 5.31. The molecule has 0 aliphatic carbocycles. The quantitative estimate of drug-likeness (QED) is 0.377. The number of methoxy groups -OCH3 is 1. The van der Waals surface area contributed by atoms with Crippen molar-refractivity contribution in [2.24, 2.45) is 0 Å². The molecule has 3 rings (SSSR count). The lowest BCUT2D eigenvalue weighted by Crippen LogP contribution is -2.54. The van der Waals surface area contributed by atoms with Gasteiger partial charge in [0.15, 0.2) is 0 Å². The Balaban J connectivity index is 1.45. The molecule has 3 atom stereocenters. The van der Waals surface area contributed by atoms with E-state index in [2.05, 4.69) is 15.6 Å². The van der Waals surface area contributed by atoms with E-state index in [4.69, 9.17) is 18.9 Å². The van der Waals surface area contributed by atoms with Gasteiger partial charge in [-0.1, -0.05) is 0 Å². The maximum absolute atomic E-state index is 5.31. The van der Waals surface area contributed by atoms with Crippen LogP contribution in [0.3, 0.4) is 0 Å². The van der Waals surface area contributed by atoms with Gasteiger partial charge in [-0.25, -0.2) is 10.0 Å². The molecule has 0 aromatic carbocycles. The fourth-order valence-electron chi connectivity index (χ4n) is 2.00. The van der Waals surface area contributed by atoms with Gasteiger partial charge in [0, 0.05) is 33.3 Å². The monoisotopic (exact) mass is 273 g/mol. The number of nitrogens with one attached hydrogen (secondary N) is 1. The van der Waals surface area contributed by atoms with Gasteiger partial charge in [-0.3, -0.25) is 0 Å². The standard InChI is InChI=1S/C12H23N3O4/c1-16-3-2-14(4-10-7-17-10)13-15(5-11-8-18-11)6-12-9-19-12/h10-13H,2-9H2,1H3. The first-order valence-corrected chi connectivity index (χ1v) is 6.93. The first kappa shape index (κ1) is 13.7. The number of epoxide rings is 3. The van der Waals surface area contributed by atoms with Crippen molar-refractivity contribution >= 4 is 0 Å². The van der Waals surface area contributed by atoms with Gasteiger partial charge in [0.1, 0.15) is 0 Å². The fourth-order valence-corrected chi connectivity index (χ4v) is 2.00. The molecule has 3 unspecified atom stereocenters. The van der Waals surface area contributed by atoms with E-state index in [9.17, 15) is 0 Å². The number of hydrogen-bond acceptors (Lipinski definition) is 7. The van der Waals surface area contributed by atoms with Gasteiger partial charge in [0.2, 0.25) is 0 Å². The van der Waals surface area contributed by atoms with Crippen molar-refractivity contribution in [1.82, 2.24) is 15.6 Å². The number of hydrazine groups is 2. The Morgan fingerprint density at radius 3 is 1.84 bits per heavy atom. The van der Waals surface area contributed by atoms with Crippen LogP contribution >= 0.6 is 0 Å². The summed E-state index contributed by atoms with van der Waals surface area (Å²) in [5.74, 6) is 0. The Bertz CT molecular complexity index is 268. The van der Waals surface area contributed by atoms with E-state index in [1.54, 1.807) is 7.11 Å². The Hall–Kier alpha value is -0.280. The van der Waals surface area contributed by atoms with Gasteiger partial charge in [-0.15, -0.1) is 0 Å². The van der Waals surface area contributed by atoms with Crippen LogP contribution in [0.2, 0.25) is 0 Å². The third kappa shape index (κ3) is 5.31. The first-order chi connectivity index (χ1) is 9.33. The van der Waals surface area contributed by atoms with Crippen LogP contribution in [0.5, 0.6) is 0 Å². The maximum Gasteiger partial charge on any atom is 0.0951 e. The van der Waals surface area contributed by atoms with Crippen LogP contribution in [0.15, 0.2) is 0 Å². The predicted octanol–water partition coefficient (Wildman–Crippen LogP) is -1.15. The van der Waals surface area contributed by atoms with Gasteiger partial charge >= 0.3 is 0 Å². The van der Waals surface area contributed by atoms with Crippen LogP contribution < -0.4 is 5.53 Å². The summed E-state index contributed by atoms with van der Waals surface area (Å²) < 4.78 is 21.1. The molecule has 7 heteroatoms. The second kappa shape index (κ2) is 6.45. The van der Waals surface area contributed by atoms with Crippen molar-refractivity contribution < 1.29 is 18.9 Å². The molecule has 1 N–H and O–H groups in total. The molecule has 0 spiro atoms. The lowest BCUT2D eigenvalue weighted by Gasteiger charge is -2.30. The zero-order chi connectivity index (χ0) is 13.1. The van der Waals surface area contributed by atoms with Crippen LogP contribution in [0.4, 0.5) is 0 Å². The summed E-state index contributed by atoms with van der Waals surface area (Å²) >= 11 is 0. The molecule has 3 aliphatic heterocycles. The lowest BCUT2D eigenvalue weighted by molar-refractivity contribution is -0.00382. The van der Waals surface area contributed by atoms with Crippen molar-refractivity contribution in [3.63, 3.8) is 0 Å². The number of rotatable bonds is 11. The summed E-state index contributed by atoms with van der Waals surface area (Å²) in [6.07, 6.45) is 1.10. The molecule has 0 saturated carbocycles. The highest BCUT2D eigenvalue weighted by atomic mass is 16.6. The van der Waals surface area contributed by atoms with Crippen LogP contribution in [0.25, 0.3) is 0 Å². The average molecular weight is 273 g/mol. The number of ether oxygens (including phenoxy) is 4. The van der Waals surface area contributed by atoms with Crippen LogP contribution in [0.1, 0.15) is 0 Å². The molecule has 0 aromatic heterocycles. The van der Waals surface area contributed by atoms with Crippen LogP contribution in [-0.2, 0) is 18.9 Å². The SMILES string of the molecule is COCCN(CC1CO1)NN(CC1CO1)CC1CO1. The zero-order valence-electron chi connectivity index (χ0n) is 11.4. The Morgan fingerprint density at radius 1 is 0.947 bits per heavy atom. The second-order valence-electron chi connectivity index (χ2n) is 5.31. The highest BCUT2D eigenvalue weighted by Gasteiger charge is 2.32. The maximum atomic E-state index is 5.31. The molecule has 3 heterocycles. The fraction of sp³-hybridized carbons (Fsp3) is 1.00. The van der Waals surface area contributed by atoms with E-state index in [1.165, 1.54) is 0 Å². The molecule has 110 valence electrons. The van der Waals surface area contributed by atoms with Gasteiger partial charge in [-0.2, -0.15) is 5.53 Å². The summed E-state index contributed by atoms with van der Waals surface area (Å²) in [6, 6.07) is 0. The summed E-state index contributed by atoms with van der Waals surface area (Å²) in [5.41, 5.74) is 3.45. The van der Waals surface area contributed by atoms with E-state index in [0.717, 1.165) is 46.0 Å². The molecule has 0 aromatic rings. The normalized spacial score (nSPS) is 32.1. The summed E-state index contributed by atoms with van der Waals surface area (Å²) in [5, 5.41) is 4.35. The molecule has 7 nitrogen and oxygen atoms in total. The Labute approximate surface area is 113 Å². The summed E-state index contributed by atoms with van der Waals surface area (Å²) in [4.78, 5) is 0. The third-order valence-electron chi connectivity index (χ3n) is 3.33. The van der Waals surface area contributed by atoms with Crippen molar-refractivity contribution in [3.05, 3.63) is 0 Å². The third-order valence-corrected chi connectivity index (χ3v) is 3.33. The first-order valence-electron chi connectivity index (χ1n) is 6.93. The van der Waals surface area contributed by atoms with E-state index in [-0.39, 0.29) is 0 Å². The zero-order valence-corrected chi connectivity index (χ0v) is 11.4. The minimum atomic E-state index is 0.362. The van der Waals surface area contributed by atoms with E-state index >= 15 is 0 Å². The molecule has 0 amide bonds. The van der Waals surface area contributed by atoms with Crippen LogP contribution in [-0.4, -0.2) is 88.0 Å². The largest absolute Gasteiger partial charge is 0.383 e. The Kier molecular flexibility index (Phi) is 4.65. The highest BCUT2D eigenvalue weighted by molar-refractivity contribution is 4.79. The summed E-state index contributed by atoms with van der Waals surface area (Å²) in [6.45, 7) is 6.82. The number of hydrogen-bond donors (Lipinski definition) is 1. The van der Waals surface area contributed by atoms with Gasteiger partial charge in [-0.05, 0) is 0 Å². The molecule has 19 heavy (non-hydrogen) atoms. The van der Waals surface area contributed by atoms with Gasteiger partial charge < -0.3 is 18.9 Å². The van der Waals surface area contributed by atoms with E-state index in [0.29, 0.717) is 24.9 Å². The average Bonchev–Trinajstić information content (AvgIpc) is 3.23. The molecular weight excluding hydrogens is 250 g/mol. The van der Waals surface area contributed by atoms with E-state index in [1.807, 2.05) is 0 Å². The Morgan fingerprint density at radius 2 is 1.42 bits per heavy atom. The van der Waals surface area contributed by atoms with Crippen LogP contribution in [0, 0.1) is 0 Å². The summed E-state index contributed by atoms with van der Waals surface area (Å²) in [7, 11) is 1.72. The predicted molar refractivity (Wildman–Crippen MR) is 67.4 cm³/mol. The minimum absolute atomic E-state index is 0.362. The minimum Gasteiger partial charge on any atom is -0.383 e. The van der Waals surface area contributed by atoms with Gasteiger partial charge in [0.25, 0.3) is 0 Å². The molecular formula is C12H23N3O4. The van der Waals surface area contributed by atoms with E-state index < -0.39 is 0 Å². The molecule has 0 radical (unpaired) electrons. The smallest absolute Gasteiger partial charge is 0.0951 e. The number of nitrogens with zero attached hydrogens (tertiary/aromatic N) is 2. The van der Waals surface area contributed by atoms with Crippen molar-refractivity contribution in [1.29, 1.82) is 0 Å². The van der Waals surface area contributed by atoms with Gasteiger partial charge in [0.05, 0.1) is 44.7 Å². The van der Waals surface area contributed by atoms with Crippen molar-refractivity contribution in [2.75, 3.05) is 59.7 Å². The molecule has 0 bridgehead atoms. The lowest BCUT2D eigenvalue weighted by atomic mass is 10.4. The molecule has 3 aliphatic rings. The van der Waals surface area contributed by atoms with Crippen molar-refractivity contribution in [2.45, 2.75) is 18.3 Å². The van der Waals surface area contributed by atoms with Crippen molar-refractivity contribution in [3.8, 4) is 0 Å². The highest BCUT2D eigenvalue weighted by Crippen LogP contribution is 2.15. The molecule has 3 saturated heterocycles.